The van der Waals surface area contributed by atoms with Crippen LogP contribution in [0.5, 0.6) is 0 Å². The molecule has 0 radical (unpaired) electrons. The van der Waals surface area contributed by atoms with E-state index in [1.807, 2.05) is 27.7 Å². The number of alkyl halides is 3. The Kier molecular flexibility index (Phi) is 8.66. The van der Waals surface area contributed by atoms with Crippen LogP contribution in [0.4, 0.5) is 19.0 Å². The van der Waals surface area contributed by atoms with Crippen LogP contribution in [0.3, 0.4) is 0 Å². The van der Waals surface area contributed by atoms with Gasteiger partial charge in [-0.2, -0.15) is 13.2 Å². The minimum Gasteiger partial charge on any atom is -0.370 e. The summed E-state index contributed by atoms with van der Waals surface area (Å²) >= 11 is 0. The van der Waals surface area contributed by atoms with Crippen LogP contribution in [0.15, 0.2) is 18.2 Å². The number of hydrogen-bond donors (Lipinski definition) is 1. The van der Waals surface area contributed by atoms with Crippen molar-refractivity contribution in [1.82, 2.24) is 15.0 Å². The van der Waals surface area contributed by atoms with Crippen molar-refractivity contribution in [3.05, 3.63) is 46.7 Å². The van der Waals surface area contributed by atoms with Gasteiger partial charge >= 0.3 is 6.18 Å². The molecule has 0 aliphatic rings. The molecular weight excluding hydrogens is 449 g/mol. The van der Waals surface area contributed by atoms with Gasteiger partial charge < -0.3 is 5.32 Å². The second-order valence-corrected chi connectivity index (χ2v) is 12.6. The second-order valence-electron chi connectivity index (χ2n) is 12.6. The molecule has 1 N–H and O–H groups in total. The molecule has 0 saturated carbocycles. The van der Waals surface area contributed by atoms with Gasteiger partial charge in [0.2, 0.25) is 0 Å². The molecule has 2 aromatic heterocycles. The predicted molar refractivity (Wildman–Crippen MR) is 138 cm³/mol. The van der Waals surface area contributed by atoms with E-state index in [1.165, 1.54) is 6.07 Å². The maximum Gasteiger partial charge on any atom is 0.433 e. The van der Waals surface area contributed by atoms with E-state index in [-0.39, 0.29) is 28.0 Å². The van der Waals surface area contributed by atoms with Crippen LogP contribution in [0.2, 0.25) is 0 Å². The third-order valence-electron chi connectivity index (χ3n) is 6.22. The fraction of sp³-hybridized carbons (Fsp3) is 0.679. The van der Waals surface area contributed by atoms with Crippen molar-refractivity contribution in [3.63, 3.8) is 0 Å². The second kappa shape index (κ2) is 10.4. The fourth-order valence-corrected chi connectivity index (χ4v) is 3.65. The van der Waals surface area contributed by atoms with Gasteiger partial charge in [-0.05, 0) is 54.4 Å². The lowest BCUT2D eigenvalue weighted by Gasteiger charge is -2.28. The van der Waals surface area contributed by atoms with Crippen LogP contribution >= 0.6 is 0 Å². The van der Waals surface area contributed by atoms with Gasteiger partial charge in [0.15, 0.2) is 0 Å². The largest absolute Gasteiger partial charge is 0.433 e. The Labute approximate surface area is 209 Å². The zero-order valence-corrected chi connectivity index (χ0v) is 23.1. The van der Waals surface area contributed by atoms with Crippen molar-refractivity contribution in [2.75, 3.05) is 11.9 Å². The lowest BCUT2D eigenvalue weighted by atomic mass is 9.82. The smallest absolute Gasteiger partial charge is 0.370 e. The summed E-state index contributed by atoms with van der Waals surface area (Å²) in [6.07, 6.45) is -2.21. The minimum absolute atomic E-state index is 0.0787. The monoisotopic (exact) mass is 492 g/mol. The highest BCUT2D eigenvalue weighted by Gasteiger charge is 2.34. The standard InChI is InChI=1S/C28H43F3N4/c1-11-20-16-21(26(6,7)8)35-24(33-20)27(9,10)13-12-18(2)19-14-22(28(29,30)31)34-23(15-19)32-17-25(3,4)5/h14-16,18H,11-13,17H2,1-10H3,(H,32,34). The van der Waals surface area contributed by atoms with Crippen LogP contribution in [0, 0.1) is 5.41 Å². The van der Waals surface area contributed by atoms with Crippen LogP contribution in [0.1, 0.15) is 116 Å². The highest BCUT2D eigenvalue weighted by molar-refractivity contribution is 5.42. The quantitative estimate of drug-likeness (QED) is 0.405. The number of hydrogen-bond acceptors (Lipinski definition) is 4. The molecule has 1 atom stereocenters. The molecule has 2 rings (SSSR count). The first-order chi connectivity index (χ1) is 15.8. The van der Waals surface area contributed by atoms with Crippen molar-refractivity contribution in [3.8, 4) is 0 Å². The van der Waals surface area contributed by atoms with Crippen LogP contribution < -0.4 is 5.32 Å². The van der Waals surface area contributed by atoms with E-state index < -0.39 is 11.9 Å². The van der Waals surface area contributed by atoms with E-state index >= 15 is 0 Å². The molecule has 0 aliphatic heterocycles. The first-order valence-corrected chi connectivity index (χ1v) is 12.5. The molecule has 2 aromatic rings. The summed E-state index contributed by atoms with van der Waals surface area (Å²) in [6, 6.07) is 5.01. The number of nitrogens with zero attached hydrogens (tertiary/aromatic N) is 3. The summed E-state index contributed by atoms with van der Waals surface area (Å²) in [4.78, 5) is 13.6. The number of aryl methyl sites for hydroxylation is 1. The van der Waals surface area contributed by atoms with E-state index in [0.29, 0.717) is 18.5 Å². The minimum atomic E-state index is -4.50. The maximum atomic E-state index is 13.6. The van der Waals surface area contributed by atoms with Crippen molar-refractivity contribution >= 4 is 5.82 Å². The SMILES string of the molecule is CCc1cc(C(C)(C)C)nc(C(C)(C)CCC(C)c2cc(NCC(C)(C)C)nc(C(F)(F)F)c2)n1. The van der Waals surface area contributed by atoms with Crippen molar-refractivity contribution < 1.29 is 13.2 Å². The molecule has 0 fully saturated rings. The van der Waals surface area contributed by atoms with Crippen LogP contribution in [-0.2, 0) is 23.4 Å². The van der Waals surface area contributed by atoms with E-state index in [1.54, 1.807) is 6.07 Å². The van der Waals surface area contributed by atoms with Gasteiger partial charge in [-0.15, -0.1) is 0 Å². The molecule has 0 aliphatic carbocycles. The Balaban J connectivity index is 2.30. The average Bonchev–Trinajstić information content (AvgIpc) is 2.73. The molecule has 7 heteroatoms. The molecule has 0 spiro atoms. The number of rotatable bonds is 8. The third-order valence-corrected chi connectivity index (χ3v) is 6.22. The van der Waals surface area contributed by atoms with Gasteiger partial charge in [-0.1, -0.05) is 69.2 Å². The normalized spacial score (nSPS) is 14.2. The summed E-state index contributed by atoms with van der Waals surface area (Å²) in [6.45, 7) is 21.3. The van der Waals surface area contributed by atoms with Gasteiger partial charge in [0, 0.05) is 28.8 Å². The number of halogens is 3. The summed E-state index contributed by atoms with van der Waals surface area (Å²) in [5.74, 6) is 0.988. The Bertz CT molecular complexity index is 999. The average molecular weight is 493 g/mol. The maximum absolute atomic E-state index is 13.6. The van der Waals surface area contributed by atoms with Gasteiger partial charge in [0.05, 0.1) is 0 Å². The Morgan fingerprint density at radius 3 is 2.00 bits per heavy atom. The van der Waals surface area contributed by atoms with Gasteiger partial charge in [0.1, 0.15) is 17.3 Å². The van der Waals surface area contributed by atoms with Crippen molar-refractivity contribution in [1.29, 1.82) is 0 Å². The first-order valence-electron chi connectivity index (χ1n) is 12.5. The van der Waals surface area contributed by atoms with E-state index in [0.717, 1.165) is 30.1 Å². The molecule has 2 heterocycles. The van der Waals surface area contributed by atoms with Gasteiger partial charge in [-0.3, -0.25) is 0 Å². The summed E-state index contributed by atoms with van der Waals surface area (Å²) in [5.41, 5.74) is 1.33. The lowest BCUT2D eigenvalue weighted by Crippen LogP contribution is -2.25. The lowest BCUT2D eigenvalue weighted by molar-refractivity contribution is -0.141. The number of nitrogens with one attached hydrogen (secondary N) is 1. The number of anilines is 1. The Morgan fingerprint density at radius 1 is 0.857 bits per heavy atom. The third kappa shape index (κ3) is 8.46. The Morgan fingerprint density at radius 2 is 1.49 bits per heavy atom. The molecular formula is C28H43F3N4. The highest BCUT2D eigenvalue weighted by Crippen LogP contribution is 2.36. The molecule has 196 valence electrons. The fourth-order valence-electron chi connectivity index (χ4n) is 3.65. The van der Waals surface area contributed by atoms with E-state index in [4.69, 9.17) is 9.97 Å². The zero-order valence-electron chi connectivity index (χ0n) is 23.1. The summed E-state index contributed by atoms with van der Waals surface area (Å²) in [7, 11) is 0. The molecule has 4 nitrogen and oxygen atoms in total. The zero-order chi connectivity index (χ0) is 26.8. The molecule has 1 unspecified atom stereocenters. The summed E-state index contributed by atoms with van der Waals surface area (Å²) < 4.78 is 40.7. The van der Waals surface area contributed by atoms with Crippen molar-refractivity contribution in [2.45, 2.75) is 111 Å². The summed E-state index contributed by atoms with van der Waals surface area (Å²) in [5, 5.41) is 3.09. The molecule has 0 amide bonds. The Hall–Kier alpha value is -2.18. The van der Waals surface area contributed by atoms with Crippen LogP contribution in [0.25, 0.3) is 0 Å². The molecule has 0 aromatic carbocycles. The van der Waals surface area contributed by atoms with E-state index in [2.05, 4.69) is 57.9 Å². The number of pyridine rings is 1. The molecule has 35 heavy (non-hydrogen) atoms. The topological polar surface area (TPSA) is 50.7 Å². The molecule has 0 bridgehead atoms. The van der Waals surface area contributed by atoms with Gasteiger partial charge in [-0.25, -0.2) is 15.0 Å². The number of aromatic nitrogens is 3. The van der Waals surface area contributed by atoms with Crippen LogP contribution in [-0.4, -0.2) is 21.5 Å². The predicted octanol–water partition coefficient (Wildman–Crippen LogP) is 8.07. The first kappa shape index (κ1) is 29.1. The van der Waals surface area contributed by atoms with Gasteiger partial charge in [0.25, 0.3) is 0 Å². The van der Waals surface area contributed by atoms with Crippen molar-refractivity contribution in [2.24, 2.45) is 5.41 Å². The van der Waals surface area contributed by atoms with E-state index in [9.17, 15) is 13.2 Å². The molecule has 0 saturated heterocycles. The highest BCUT2D eigenvalue weighted by atomic mass is 19.4.